The SMILES string of the molecule is Cn1cc(C(=O)N2CCOC(c3cccc(O)c3)C2)c(C2CCCCC2)n1. The van der Waals surface area contributed by atoms with Crippen LogP contribution < -0.4 is 0 Å². The van der Waals surface area contributed by atoms with Crippen molar-refractivity contribution in [3.05, 3.63) is 47.3 Å². The highest BCUT2D eigenvalue weighted by Crippen LogP contribution is 2.34. The summed E-state index contributed by atoms with van der Waals surface area (Å²) in [6, 6.07) is 7.07. The Balaban J connectivity index is 1.54. The van der Waals surface area contributed by atoms with E-state index in [0.29, 0.717) is 25.6 Å². The number of hydrogen-bond donors (Lipinski definition) is 1. The highest BCUT2D eigenvalue weighted by molar-refractivity contribution is 5.95. The Bertz CT molecular complexity index is 811. The molecule has 6 nitrogen and oxygen atoms in total. The number of rotatable bonds is 3. The van der Waals surface area contributed by atoms with Gasteiger partial charge in [-0.05, 0) is 30.5 Å². The van der Waals surface area contributed by atoms with E-state index < -0.39 is 0 Å². The van der Waals surface area contributed by atoms with Gasteiger partial charge in [-0.1, -0.05) is 31.4 Å². The van der Waals surface area contributed by atoms with Gasteiger partial charge < -0.3 is 14.7 Å². The Hall–Kier alpha value is -2.34. The van der Waals surface area contributed by atoms with Crippen molar-refractivity contribution in [1.82, 2.24) is 14.7 Å². The van der Waals surface area contributed by atoms with Crippen molar-refractivity contribution in [1.29, 1.82) is 0 Å². The normalized spacial score (nSPS) is 21.4. The summed E-state index contributed by atoms with van der Waals surface area (Å²) < 4.78 is 7.63. The molecule has 0 spiro atoms. The van der Waals surface area contributed by atoms with E-state index in [1.165, 1.54) is 19.3 Å². The predicted octanol–water partition coefficient (Wildman–Crippen LogP) is 3.39. The maximum atomic E-state index is 13.3. The number of aromatic nitrogens is 2. The summed E-state index contributed by atoms with van der Waals surface area (Å²) in [5.74, 6) is 0.644. The molecule has 1 saturated carbocycles. The number of carbonyl (C=O) groups excluding carboxylic acids is 1. The monoisotopic (exact) mass is 369 g/mol. The molecule has 2 fully saturated rings. The number of aryl methyl sites for hydroxylation is 1. The highest BCUT2D eigenvalue weighted by atomic mass is 16.5. The van der Waals surface area contributed by atoms with Crippen LogP contribution in [0.5, 0.6) is 5.75 Å². The molecule has 6 heteroatoms. The molecule has 2 aromatic rings. The van der Waals surface area contributed by atoms with Crippen LogP contribution in [0.2, 0.25) is 0 Å². The molecular formula is C21H27N3O3. The van der Waals surface area contributed by atoms with E-state index in [4.69, 9.17) is 4.74 Å². The second kappa shape index (κ2) is 7.72. The number of morpholine rings is 1. The van der Waals surface area contributed by atoms with Crippen molar-refractivity contribution >= 4 is 5.91 Å². The van der Waals surface area contributed by atoms with E-state index in [2.05, 4.69) is 5.10 Å². The van der Waals surface area contributed by atoms with Gasteiger partial charge in [-0.3, -0.25) is 9.48 Å². The fourth-order valence-corrected chi connectivity index (χ4v) is 4.28. The lowest BCUT2D eigenvalue weighted by molar-refractivity contribution is -0.0229. The molecule has 0 radical (unpaired) electrons. The quantitative estimate of drug-likeness (QED) is 0.901. The molecule has 1 N–H and O–H groups in total. The van der Waals surface area contributed by atoms with E-state index in [1.54, 1.807) is 22.9 Å². The minimum absolute atomic E-state index is 0.0390. The Morgan fingerprint density at radius 3 is 2.85 bits per heavy atom. The number of ether oxygens (including phenoxy) is 1. The smallest absolute Gasteiger partial charge is 0.257 e. The third-order valence-corrected chi connectivity index (χ3v) is 5.68. The fraction of sp³-hybridized carbons (Fsp3) is 0.524. The molecule has 0 bridgehead atoms. The summed E-state index contributed by atoms with van der Waals surface area (Å²) in [5.41, 5.74) is 2.59. The van der Waals surface area contributed by atoms with Gasteiger partial charge >= 0.3 is 0 Å². The summed E-state index contributed by atoms with van der Waals surface area (Å²) in [6.45, 7) is 1.56. The molecule has 2 heterocycles. The topological polar surface area (TPSA) is 67.6 Å². The molecule has 1 aliphatic carbocycles. The number of hydrogen-bond acceptors (Lipinski definition) is 4. The molecule has 4 rings (SSSR count). The molecule has 1 aromatic carbocycles. The summed E-state index contributed by atoms with van der Waals surface area (Å²) in [5, 5.41) is 14.4. The molecule has 1 aromatic heterocycles. The van der Waals surface area contributed by atoms with E-state index in [9.17, 15) is 9.90 Å². The van der Waals surface area contributed by atoms with Crippen LogP contribution in [0, 0.1) is 0 Å². The maximum absolute atomic E-state index is 13.3. The van der Waals surface area contributed by atoms with Crippen LogP contribution in [-0.4, -0.2) is 45.4 Å². The lowest BCUT2D eigenvalue weighted by Crippen LogP contribution is -2.42. The minimum Gasteiger partial charge on any atom is -0.508 e. The number of phenolic OH excluding ortho intramolecular Hbond substituents is 1. The zero-order valence-electron chi connectivity index (χ0n) is 15.8. The number of amides is 1. The van der Waals surface area contributed by atoms with Crippen LogP contribution >= 0.6 is 0 Å². The second-order valence-electron chi connectivity index (χ2n) is 7.64. The average Bonchev–Trinajstić information content (AvgIpc) is 3.10. The molecule has 1 unspecified atom stereocenters. The van der Waals surface area contributed by atoms with Gasteiger partial charge in [0.1, 0.15) is 11.9 Å². The van der Waals surface area contributed by atoms with E-state index >= 15 is 0 Å². The highest BCUT2D eigenvalue weighted by Gasteiger charge is 2.31. The first-order chi connectivity index (χ1) is 13.1. The number of nitrogens with zero attached hydrogens (tertiary/aromatic N) is 3. The maximum Gasteiger partial charge on any atom is 0.257 e. The largest absolute Gasteiger partial charge is 0.508 e. The van der Waals surface area contributed by atoms with Crippen LogP contribution in [0.4, 0.5) is 0 Å². The van der Waals surface area contributed by atoms with Gasteiger partial charge in [-0.25, -0.2) is 0 Å². The summed E-state index contributed by atoms with van der Waals surface area (Å²) in [4.78, 5) is 15.2. The van der Waals surface area contributed by atoms with Gasteiger partial charge in [0.25, 0.3) is 5.91 Å². The first kappa shape index (κ1) is 18.0. The zero-order valence-corrected chi connectivity index (χ0v) is 15.8. The van der Waals surface area contributed by atoms with Gasteiger partial charge in [0.05, 0.1) is 24.4 Å². The minimum atomic E-state index is -0.218. The van der Waals surface area contributed by atoms with Crippen LogP contribution in [0.3, 0.4) is 0 Å². The molecule has 2 aliphatic rings. The van der Waals surface area contributed by atoms with Crippen molar-refractivity contribution in [2.24, 2.45) is 7.05 Å². The number of carbonyl (C=O) groups is 1. The Kier molecular flexibility index (Phi) is 5.16. The van der Waals surface area contributed by atoms with Gasteiger partial charge in [0.15, 0.2) is 0 Å². The Morgan fingerprint density at radius 1 is 1.26 bits per heavy atom. The molecule has 1 amide bonds. The lowest BCUT2D eigenvalue weighted by Gasteiger charge is -2.33. The zero-order chi connectivity index (χ0) is 18.8. The summed E-state index contributed by atoms with van der Waals surface area (Å²) >= 11 is 0. The van der Waals surface area contributed by atoms with Crippen LogP contribution in [0.1, 0.15) is 65.7 Å². The molecule has 27 heavy (non-hydrogen) atoms. The Labute approximate surface area is 159 Å². The fourth-order valence-electron chi connectivity index (χ4n) is 4.28. The van der Waals surface area contributed by atoms with Crippen LogP contribution in [0.25, 0.3) is 0 Å². The molecule has 1 atom stereocenters. The predicted molar refractivity (Wildman–Crippen MR) is 102 cm³/mol. The van der Waals surface area contributed by atoms with Gasteiger partial charge in [0.2, 0.25) is 0 Å². The van der Waals surface area contributed by atoms with E-state index in [0.717, 1.165) is 29.7 Å². The number of benzene rings is 1. The van der Waals surface area contributed by atoms with Gasteiger partial charge in [-0.2, -0.15) is 5.10 Å². The third-order valence-electron chi connectivity index (χ3n) is 5.68. The van der Waals surface area contributed by atoms with Crippen molar-refractivity contribution in [3.63, 3.8) is 0 Å². The first-order valence-corrected chi connectivity index (χ1v) is 9.85. The summed E-state index contributed by atoms with van der Waals surface area (Å²) in [6.07, 6.45) is 7.59. The molecule has 144 valence electrons. The molecule has 1 saturated heterocycles. The van der Waals surface area contributed by atoms with Crippen molar-refractivity contribution in [2.75, 3.05) is 19.7 Å². The van der Waals surface area contributed by atoms with Crippen molar-refractivity contribution in [3.8, 4) is 5.75 Å². The van der Waals surface area contributed by atoms with Gasteiger partial charge in [0, 0.05) is 25.7 Å². The van der Waals surface area contributed by atoms with Gasteiger partial charge in [-0.15, -0.1) is 0 Å². The molecule has 1 aliphatic heterocycles. The Morgan fingerprint density at radius 2 is 2.07 bits per heavy atom. The number of aromatic hydroxyl groups is 1. The summed E-state index contributed by atoms with van der Waals surface area (Å²) in [7, 11) is 1.89. The van der Waals surface area contributed by atoms with Crippen molar-refractivity contribution in [2.45, 2.75) is 44.1 Å². The van der Waals surface area contributed by atoms with Crippen LogP contribution in [0.15, 0.2) is 30.5 Å². The lowest BCUT2D eigenvalue weighted by atomic mass is 9.85. The second-order valence-corrected chi connectivity index (χ2v) is 7.64. The third kappa shape index (κ3) is 3.86. The van der Waals surface area contributed by atoms with E-state index in [1.807, 2.05) is 24.2 Å². The van der Waals surface area contributed by atoms with Crippen molar-refractivity contribution < 1.29 is 14.6 Å². The number of phenols is 1. The standard InChI is InChI=1S/C21H27N3O3/c1-23-13-18(20(22-23)15-6-3-2-4-7-15)21(26)24-10-11-27-19(14-24)16-8-5-9-17(25)12-16/h5,8-9,12-13,15,19,25H,2-4,6-7,10-11,14H2,1H3. The average molecular weight is 369 g/mol. The first-order valence-electron chi connectivity index (χ1n) is 9.85. The molecular weight excluding hydrogens is 342 g/mol. The van der Waals surface area contributed by atoms with Crippen LogP contribution in [-0.2, 0) is 11.8 Å². The van der Waals surface area contributed by atoms with E-state index in [-0.39, 0.29) is 17.8 Å².